The summed E-state index contributed by atoms with van der Waals surface area (Å²) in [7, 11) is 0. The first-order chi connectivity index (χ1) is 8.72. The molecule has 0 bridgehead atoms. The molecule has 18 heavy (non-hydrogen) atoms. The summed E-state index contributed by atoms with van der Waals surface area (Å²) in [6.07, 6.45) is 3.34. The molecule has 0 saturated carbocycles. The number of carbonyl (C=O) groups is 1. The molecule has 1 N–H and O–H groups in total. The van der Waals surface area contributed by atoms with Crippen molar-refractivity contribution in [2.24, 2.45) is 5.92 Å². The largest absolute Gasteiger partial charge is 0.465 e. The van der Waals surface area contributed by atoms with Gasteiger partial charge in [-0.3, -0.25) is 9.69 Å². The fourth-order valence-electron chi connectivity index (χ4n) is 2.70. The molecular formula is C14H28N2O2. The standard InChI is InChI=1S/C14H28N2O2/c1-4-13(14(17)18-6-3)16(5-2)11-12-8-7-9-15-10-12/h12-13,15H,4-11H2,1-3H3. The van der Waals surface area contributed by atoms with E-state index in [2.05, 4.69) is 24.1 Å². The maximum atomic E-state index is 11.9. The molecular weight excluding hydrogens is 228 g/mol. The van der Waals surface area contributed by atoms with E-state index >= 15 is 0 Å². The van der Waals surface area contributed by atoms with Crippen molar-refractivity contribution in [2.75, 3.05) is 32.8 Å². The topological polar surface area (TPSA) is 41.6 Å². The summed E-state index contributed by atoms with van der Waals surface area (Å²) in [6, 6.07) is -0.0723. The molecule has 0 aromatic rings. The van der Waals surface area contributed by atoms with Crippen LogP contribution in [0.2, 0.25) is 0 Å². The van der Waals surface area contributed by atoms with Gasteiger partial charge < -0.3 is 10.1 Å². The number of rotatable bonds is 7. The highest BCUT2D eigenvalue weighted by molar-refractivity contribution is 5.75. The number of piperidine rings is 1. The van der Waals surface area contributed by atoms with Crippen LogP contribution in [0.1, 0.15) is 40.0 Å². The van der Waals surface area contributed by atoms with E-state index in [4.69, 9.17) is 4.74 Å². The molecule has 1 heterocycles. The lowest BCUT2D eigenvalue weighted by molar-refractivity contribution is -0.150. The number of hydrogen-bond acceptors (Lipinski definition) is 4. The van der Waals surface area contributed by atoms with Gasteiger partial charge in [-0.1, -0.05) is 13.8 Å². The minimum absolute atomic E-state index is 0.0642. The third-order valence-corrected chi connectivity index (χ3v) is 3.68. The molecule has 0 aromatic heterocycles. The smallest absolute Gasteiger partial charge is 0.323 e. The number of carbonyl (C=O) groups excluding carboxylic acids is 1. The van der Waals surface area contributed by atoms with Gasteiger partial charge in [0.15, 0.2) is 0 Å². The van der Waals surface area contributed by atoms with E-state index in [1.165, 1.54) is 12.8 Å². The Morgan fingerprint density at radius 3 is 2.72 bits per heavy atom. The summed E-state index contributed by atoms with van der Waals surface area (Å²) in [4.78, 5) is 14.2. The number of hydrogen-bond donors (Lipinski definition) is 1. The maximum Gasteiger partial charge on any atom is 0.323 e. The Kier molecular flexibility index (Phi) is 7.28. The van der Waals surface area contributed by atoms with Crippen molar-refractivity contribution in [2.45, 2.75) is 46.1 Å². The number of nitrogens with one attached hydrogen (secondary N) is 1. The fourth-order valence-corrected chi connectivity index (χ4v) is 2.70. The summed E-state index contributed by atoms with van der Waals surface area (Å²) in [5.74, 6) is 0.604. The van der Waals surface area contributed by atoms with Crippen molar-refractivity contribution in [1.29, 1.82) is 0 Å². The second-order valence-corrected chi connectivity index (χ2v) is 4.98. The molecule has 1 aliphatic rings. The molecule has 0 radical (unpaired) electrons. The van der Waals surface area contributed by atoms with Crippen LogP contribution in [-0.4, -0.2) is 49.7 Å². The van der Waals surface area contributed by atoms with Crippen LogP contribution in [0.3, 0.4) is 0 Å². The zero-order valence-corrected chi connectivity index (χ0v) is 12.1. The van der Waals surface area contributed by atoms with E-state index in [1.807, 2.05) is 6.92 Å². The Morgan fingerprint density at radius 1 is 1.44 bits per heavy atom. The van der Waals surface area contributed by atoms with Crippen molar-refractivity contribution in [3.8, 4) is 0 Å². The first kappa shape index (κ1) is 15.4. The minimum Gasteiger partial charge on any atom is -0.465 e. The third-order valence-electron chi connectivity index (χ3n) is 3.68. The van der Waals surface area contributed by atoms with Crippen molar-refractivity contribution >= 4 is 5.97 Å². The van der Waals surface area contributed by atoms with E-state index in [1.54, 1.807) is 0 Å². The highest BCUT2D eigenvalue weighted by Gasteiger charge is 2.26. The van der Waals surface area contributed by atoms with Crippen LogP contribution >= 0.6 is 0 Å². The first-order valence-corrected chi connectivity index (χ1v) is 7.34. The SMILES string of the molecule is CCOC(=O)C(CC)N(CC)CC1CCCNC1. The summed E-state index contributed by atoms with van der Waals surface area (Å²) in [6.45, 7) is 10.6. The first-order valence-electron chi connectivity index (χ1n) is 7.34. The van der Waals surface area contributed by atoms with Gasteiger partial charge in [-0.2, -0.15) is 0 Å². The fraction of sp³-hybridized carbons (Fsp3) is 0.929. The Morgan fingerprint density at radius 2 is 2.22 bits per heavy atom. The molecule has 2 atom stereocenters. The molecule has 0 spiro atoms. The third kappa shape index (κ3) is 4.58. The predicted octanol–water partition coefficient (Wildman–Crippen LogP) is 1.65. The monoisotopic (exact) mass is 256 g/mol. The van der Waals surface area contributed by atoms with Crippen LogP contribution in [0.15, 0.2) is 0 Å². The van der Waals surface area contributed by atoms with Crippen LogP contribution < -0.4 is 5.32 Å². The Bertz CT molecular complexity index is 240. The highest BCUT2D eigenvalue weighted by atomic mass is 16.5. The van der Waals surface area contributed by atoms with Crippen LogP contribution in [0.5, 0.6) is 0 Å². The van der Waals surface area contributed by atoms with Crippen molar-refractivity contribution < 1.29 is 9.53 Å². The average molecular weight is 256 g/mol. The van der Waals surface area contributed by atoms with Crippen LogP contribution in [-0.2, 0) is 9.53 Å². The van der Waals surface area contributed by atoms with Crippen LogP contribution in [0, 0.1) is 5.92 Å². The van der Waals surface area contributed by atoms with E-state index < -0.39 is 0 Å². The van der Waals surface area contributed by atoms with E-state index in [0.29, 0.717) is 12.5 Å². The molecule has 106 valence electrons. The highest BCUT2D eigenvalue weighted by Crippen LogP contribution is 2.15. The molecule has 0 amide bonds. The van der Waals surface area contributed by atoms with Gasteiger partial charge in [0.25, 0.3) is 0 Å². The van der Waals surface area contributed by atoms with Gasteiger partial charge in [-0.25, -0.2) is 0 Å². The number of likely N-dealkylation sites (N-methyl/N-ethyl adjacent to an activating group) is 1. The van der Waals surface area contributed by atoms with Crippen molar-refractivity contribution in [3.63, 3.8) is 0 Å². The lowest BCUT2D eigenvalue weighted by Crippen LogP contribution is -2.46. The molecule has 1 fully saturated rings. The van der Waals surface area contributed by atoms with Gasteiger partial charge in [0.1, 0.15) is 6.04 Å². The van der Waals surface area contributed by atoms with Gasteiger partial charge in [-0.05, 0) is 51.7 Å². The second-order valence-electron chi connectivity index (χ2n) is 4.98. The van der Waals surface area contributed by atoms with Crippen molar-refractivity contribution in [1.82, 2.24) is 10.2 Å². The number of ether oxygens (including phenoxy) is 1. The Balaban J connectivity index is 2.52. The molecule has 0 aliphatic carbocycles. The summed E-state index contributed by atoms with van der Waals surface area (Å²) >= 11 is 0. The zero-order chi connectivity index (χ0) is 13.4. The summed E-state index contributed by atoms with van der Waals surface area (Å²) in [5, 5.41) is 3.43. The zero-order valence-electron chi connectivity index (χ0n) is 12.1. The Labute approximate surface area is 111 Å². The van der Waals surface area contributed by atoms with Crippen LogP contribution in [0.4, 0.5) is 0 Å². The molecule has 2 unspecified atom stereocenters. The predicted molar refractivity (Wildman–Crippen MR) is 73.6 cm³/mol. The summed E-state index contributed by atoms with van der Waals surface area (Å²) < 4.78 is 5.17. The van der Waals surface area contributed by atoms with Gasteiger partial charge in [0.05, 0.1) is 6.61 Å². The van der Waals surface area contributed by atoms with Gasteiger partial charge in [-0.15, -0.1) is 0 Å². The van der Waals surface area contributed by atoms with E-state index in [0.717, 1.165) is 32.6 Å². The molecule has 1 aliphatic heterocycles. The van der Waals surface area contributed by atoms with Crippen molar-refractivity contribution in [3.05, 3.63) is 0 Å². The number of nitrogens with zero attached hydrogens (tertiary/aromatic N) is 1. The molecule has 0 aromatic carbocycles. The Hall–Kier alpha value is -0.610. The van der Waals surface area contributed by atoms with Crippen LogP contribution in [0.25, 0.3) is 0 Å². The lowest BCUT2D eigenvalue weighted by atomic mass is 9.98. The normalized spacial score (nSPS) is 21.9. The number of esters is 1. The lowest BCUT2D eigenvalue weighted by Gasteiger charge is -2.33. The van der Waals surface area contributed by atoms with Gasteiger partial charge in [0.2, 0.25) is 0 Å². The van der Waals surface area contributed by atoms with E-state index in [9.17, 15) is 4.79 Å². The van der Waals surface area contributed by atoms with Gasteiger partial charge in [0, 0.05) is 6.54 Å². The summed E-state index contributed by atoms with van der Waals surface area (Å²) in [5.41, 5.74) is 0. The molecule has 1 saturated heterocycles. The molecule has 1 rings (SSSR count). The van der Waals surface area contributed by atoms with Gasteiger partial charge >= 0.3 is 5.97 Å². The minimum atomic E-state index is -0.0723. The molecule has 4 heteroatoms. The average Bonchev–Trinajstić information content (AvgIpc) is 2.40. The van der Waals surface area contributed by atoms with E-state index in [-0.39, 0.29) is 12.0 Å². The quantitative estimate of drug-likeness (QED) is 0.703. The maximum absolute atomic E-state index is 11.9. The molecule has 4 nitrogen and oxygen atoms in total. The second kappa shape index (κ2) is 8.48.